The number of carbonyl (C=O) groups is 2. The average Bonchev–Trinajstić information content (AvgIpc) is 2.77. The highest BCUT2D eigenvalue weighted by atomic mass is 19.3. The summed E-state index contributed by atoms with van der Waals surface area (Å²) in [6.45, 7) is 0.374. The molecule has 1 aliphatic carbocycles. The lowest BCUT2D eigenvalue weighted by Crippen LogP contribution is -2.51. The van der Waals surface area contributed by atoms with Crippen molar-refractivity contribution in [1.29, 1.82) is 0 Å². The summed E-state index contributed by atoms with van der Waals surface area (Å²) in [6.07, 6.45) is -0.482. The van der Waals surface area contributed by atoms with Crippen LogP contribution in [0.4, 0.5) is 13.2 Å². The summed E-state index contributed by atoms with van der Waals surface area (Å²) in [5.74, 6) is -4.57. The molecule has 1 aliphatic heterocycles. The van der Waals surface area contributed by atoms with Gasteiger partial charge in [-0.25, -0.2) is 13.2 Å². The SMILES string of the molecule is O=C(N[C@H]1CC(F)(F)C[C@]2(CCNC2=O)C1)c1cccc(F)c1. The highest BCUT2D eigenvalue weighted by Gasteiger charge is 2.55. The second-order valence-electron chi connectivity index (χ2n) is 6.41. The van der Waals surface area contributed by atoms with Crippen LogP contribution in [0.3, 0.4) is 0 Å². The molecule has 3 rings (SSSR count). The Kier molecular flexibility index (Phi) is 3.82. The standard InChI is InChI=1S/C16H17F3N2O2/c17-11-3-1-2-10(6-11)13(22)21-12-7-15(4-5-20-14(15)23)9-16(18,19)8-12/h1-3,6,12H,4-5,7-9H2,(H,20,23)(H,21,22)/t12-,15+/m1/s1. The van der Waals surface area contributed by atoms with Gasteiger partial charge in [-0.05, 0) is 31.0 Å². The molecule has 124 valence electrons. The number of alkyl halides is 2. The predicted octanol–water partition coefficient (Wildman–Crippen LogP) is 2.25. The fourth-order valence-corrected chi connectivity index (χ4v) is 3.62. The van der Waals surface area contributed by atoms with Crippen LogP contribution in [0, 0.1) is 11.2 Å². The van der Waals surface area contributed by atoms with E-state index < -0.39 is 41.9 Å². The number of benzene rings is 1. The summed E-state index contributed by atoms with van der Waals surface area (Å²) in [7, 11) is 0. The molecule has 1 saturated carbocycles. The van der Waals surface area contributed by atoms with Crippen molar-refractivity contribution in [3.8, 4) is 0 Å². The van der Waals surface area contributed by atoms with E-state index in [1.807, 2.05) is 0 Å². The van der Waals surface area contributed by atoms with Crippen LogP contribution in [0.1, 0.15) is 36.0 Å². The molecule has 7 heteroatoms. The number of hydrogen-bond acceptors (Lipinski definition) is 2. The van der Waals surface area contributed by atoms with Gasteiger partial charge in [0.1, 0.15) is 5.82 Å². The van der Waals surface area contributed by atoms with Gasteiger partial charge in [-0.3, -0.25) is 9.59 Å². The molecule has 1 aromatic carbocycles. The molecule has 1 aromatic rings. The fraction of sp³-hybridized carbons (Fsp3) is 0.500. The summed E-state index contributed by atoms with van der Waals surface area (Å²) >= 11 is 0. The molecule has 0 radical (unpaired) electrons. The van der Waals surface area contributed by atoms with Gasteiger partial charge < -0.3 is 10.6 Å². The minimum atomic E-state index is -3.01. The van der Waals surface area contributed by atoms with Crippen molar-refractivity contribution in [2.24, 2.45) is 5.41 Å². The molecule has 1 heterocycles. The Hall–Kier alpha value is -2.05. The van der Waals surface area contributed by atoms with Crippen LogP contribution in [-0.4, -0.2) is 30.3 Å². The smallest absolute Gasteiger partial charge is 0.251 e. The van der Waals surface area contributed by atoms with Crippen LogP contribution in [0.5, 0.6) is 0 Å². The Morgan fingerprint density at radius 3 is 2.74 bits per heavy atom. The van der Waals surface area contributed by atoms with Gasteiger partial charge in [0.05, 0.1) is 5.41 Å². The van der Waals surface area contributed by atoms with Crippen molar-refractivity contribution in [1.82, 2.24) is 10.6 Å². The van der Waals surface area contributed by atoms with E-state index in [4.69, 9.17) is 0 Å². The van der Waals surface area contributed by atoms with Crippen LogP contribution in [0.2, 0.25) is 0 Å². The first-order chi connectivity index (χ1) is 10.8. The molecule has 2 atom stereocenters. The largest absolute Gasteiger partial charge is 0.356 e. The highest BCUT2D eigenvalue weighted by molar-refractivity contribution is 5.94. The van der Waals surface area contributed by atoms with Crippen LogP contribution >= 0.6 is 0 Å². The zero-order chi connectivity index (χ0) is 16.7. The van der Waals surface area contributed by atoms with Crippen molar-refractivity contribution < 1.29 is 22.8 Å². The molecule has 23 heavy (non-hydrogen) atoms. The predicted molar refractivity (Wildman–Crippen MR) is 76.5 cm³/mol. The molecule has 2 fully saturated rings. The molecule has 2 N–H and O–H groups in total. The first-order valence-corrected chi connectivity index (χ1v) is 7.52. The molecule has 0 bridgehead atoms. The average molecular weight is 326 g/mol. The van der Waals surface area contributed by atoms with Crippen molar-refractivity contribution >= 4 is 11.8 Å². The normalized spacial score (nSPS) is 29.3. The van der Waals surface area contributed by atoms with E-state index in [0.717, 1.165) is 6.07 Å². The summed E-state index contributed by atoms with van der Waals surface area (Å²) < 4.78 is 41.3. The monoisotopic (exact) mass is 326 g/mol. The molecule has 0 unspecified atom stereocenters. The molecule has 2 amide bonds. The van der Waals surface area contributed by atoms with Gasteiger partial charge in [0.2, 0.25) is 5.91 Å². The maximum Gasteiger partial charge on any atom is 0.251 e. The van der Waals surface area contributed by atoms with Crippen LogP contribution in [0.15, 0.2) is 24.3 Å². The lowest BCUT2D eigenvalue weighted by molar-refractivity contribution is -0.142. The van der Waals surface area contributed by atoms with Gasteiger partial charge in [-0.2, -0.15) is 0 Å². The van der Waals surface area contributed by atoms with E-state index in [9.17, 15) is 22.8 Å². The Morgan fingerprint density at radius 2 is 2.09 bits per heavy atom. The maximum atomic E-state index is 14.1. The van der Waals surface area contributed by atoms with Gasteiger partial charge >= 0.3 is 0 Å². The molecule has 4 nitrogen and oxygen atoms in total. The maximum absolute atomic E-state index is 14.1. The number of nitrogens with one attached hydrogen (secondary N) is 2. The number of carbonyl (C=O) groups excluding carboxylic acids is 2. The molecular weight excluding hydrogens is 309 g/mol. The quantitative estimate of drug-likeness (QED) is 0.876. The highest BCUT2D eigenvalue weighted by Crippen LogP contribution is 2.48. The topological polar surface area (TPSA) is 58.2 Å². The lowest BCUT2D eigenvalue weighted by atomic mass is 9.69. The van der Waals surface area contributed by atoms with Crippen molar-refractivity contribution in [3.05, 3.63) is 35.6 Å². The number of hydrogen-bond donors (Lipinski definition) is 2. The Morgan fingerprint density at radius 1 is 1.30 bits per heavy atom. The minimum absolute atomic E-state index is 0.0730. The van der Waals surface area contributed by atoms with Gasteiger partial charge in [-0.15, -0.1) is 0 Å². The number of halogens is 3. The molecule has 0 aromatic heterocycles. The Bertz CT molecular complexity index is 650. The molecule has 2 aliphatic rings. The second-order valence-corrected chi connectivity index (χ2v) is 6.41. The van der Waals surface area contributed by atoms with Gasteiger partial charge in [0.15, 0.2) is 0 Å². The number of amides is 2. The number of rotatable bonds is 2. The van der Waals surface area contributed by atoms with Crippen LogP contribution in [-0.2, 0) is 4.79 Å². The van der Waals surface area contributed by atoms with E-state index in [-0.39, 0.29) is 17.9 Å². The molecule has 1 saturated heterocycles. The van der Waals surface area contributed by atoms with E-state index in [1.54, 1.807) is 0 Å². The third-order valence-corrected chi connectivity index (χ3v) is 4.57. The lowest BCUT2D eigenvalue weighted by Gasteiger charge is -2.40. The first-order valence-electron chi connectivity index (χ1n) is 7.52. The molecule has 1 spiro atoms. The molecular formula is C16H17F3N2O2. The zero-order valence-corrected chi connectivity index (χ0v) is 12.4. The van der Waals surface area contributed by atoms with Crippen LogP contribution in [0.25, 0.3) is 0 Å². The first kappa shape index (κ1) is 15.8. The van der Waals surface area contributed by atoms with Crippen LogP contribution < -0.4 is 10.6 Å². The van der Waals surface area contributed by atoms with E-state index >= 15 is 0 Å². The third-order valence-electron chi connectivity index (χ3n) is 4.57. The van der Waals surface area contributed by atoms with Crippen molar-refractivity contribution in [2.75, 3.05) is 6.54 Å². The Balaban J connectivity index is 1.77. The summed E-state index contributed by atoms with van der Waals surface area (Å²) in [5.41, 5.74) is -1.05. The van der Waals surface area contributed by atoms with Crippen molar-refractivity contribution in [2.45, 2.75) is 37.6 Å². The van der Waals surface area contributed by atoms with Gasteiger partial charge in [0, 0.05) is 31.0 Å². The van der Waals surface area contributed by atoms with E-state index in [2.05, 4.69) is 10.6 Å². The van der Waals surface area contributed by atoms with E-state index in [1.165, 1.54) is 18.2 Å². The third kappa shape index (κ3) is 3.18. The van der Waals surface area contributed by atoms with Gasteiger partial charge in [0.25, 0.3) is 11.8 Å². The minimum Gasteiger partial charge on any atom is -0.356 e. The summed E-state index contributed by atoms with van der Waals surface area (Å²) in [6, 6.07) is 4.22. The van der Waals surface area contributed by atoms with Crippen molar-refractivity contribution in [3.63, 3.8) is 0 Å². The Labute approximate surface area is 131 Å². The fourth-order valence-electron chi connectivity index (χ4n) is 3.62. The zero-order valence-electron chi connectivity index (χ0n) is 12.4. The van der Waals surface area contributed by atoms with E-state index in [0.29, 0.717) is 13.0 Å². The summed E-state index contributed by atoms with van der Waals surface area (Å²) in [4.78, 5) is 24.1. The van der Waals surface area contributed by atoms with Gasteiger partial charge in [-0.1, -0.05) is 6.07 Å². The summed E-state index contributed by atoms with van der Waals surface area (Å²) in [5, 5.41) is 5.12. The second kappa shape index (κ2) is 5.54.